The summed E-state index contributed by atoms with van der Waals surface area (Å²) in [6.07, 6.45) is 1.06. The molecule has 6 heteroatoms. The van der Waals surface area contributed by atoms with Crippen molar-refractivity contribution in [2.24, 2.45) is 0 Å². The average molecular weight is 285 g/mol. The molecule has 1 aliphatic heterocycles. The van der Waals surface area contributed by atoms with Crippen molar-refractivity contribution in [1.82, 2.24) is 0 Å². The lowest BCUT2D eigenvalue weighted by molar-refractivity contribution is -0.116. The molecule has 0 spiro atoms. The van der Waals surface area contributed by atoms with Crippen molar-refractivity contribution in [3.05, 3.63) is 18.2 Å². The minimum atomic E-state index is -0.0645. The van der Waals surface area contributed by atoms with Gasteiger partial charge >= 0.3 is 0 Å². The first-order valence-corrected chi connectivity index (χ1v) is 7.13. The molecule has 0 aromatic heterocycles. The second kappa shape index (κ2) is 6.11. The predicted octanol–water partition coefficient (Wildman–Crippen LogP) is 2.69. The molecule has 0 atom stereocenters. The van der Waals surface area contributed by atoms with Crippen molar-refractivity contribution < 1.29 is 9.59 Å². The number of hydrogen-bond donors (Lipinski definition) is 2. The summed E-state index contributed by atoms with van der Waals surface area (Å²) in [6, 6.07) is 5.51. The van der Waals surface area contributed by atoms with Gasteiger partial charge in [0.1, 0.15) is 0 Å². The van der Waals surface area contributed by atoms with Crippen LogP contribution in [-0.2, 0) is 9.59 Å². The van der Waals surface area contributed by atoms with E-state index >= 15 is 0 Å². The van der Waals surface area contributed by atoms with Gasteiger partial charge in [0.05, 0.1) is 11.4 Å². The van der Waals surface area contributed by atoms with Gasteiger partial charge < -0.3 is 10.6 Å². The summed E-state index contributed by atoms with van der Waals surface area (Å²) >= 11 is 7.03. The van der Waals surface area contributed by atoms with E-state index in [2.05, 4.69) is 10.6 Å². The van der Waals surface area contributed by atoms with E-state index in [1.165, 1.54) is 11.8 Å². The quantitative estimate of drug-likeness (QED) is 0.836. The highest BCUT2D eigenvalue weighted by Gasteiger charge is 2.15. The van der Waals surface area contributed by atoms with Crippen molar-refractivity contribution in [1.29, 1.82) is 0 Å². The van der Waals surface area contributed by atoms with Crippen LogP contribution in [0.25, 0.3) is 0 Å². The Balaban J connectivity index is 2.04. The van der Waals surface area contributed by atoms with E-state index in [1.54, 1.807) is 6.07 Å². The molecule has 96 valence electrons. The normalized spacial score (nSPS) is 13.7. The number of fused-ring (bicyclic) bond motifs is 1. The number of carbonyl (C=O) groups excluding carboxylic acids is 2. The molecule has 1 aromatic carbocycles. The molecular formula is C12H13ClN2O2S. The molecule has 0 radical (unpaired) electrons. The first kappa shape index (κ1) is 13.2. The standard InChI is InChI=1S/C12H13ClN2O2S/c13-5-1-2-11(16)14-8-3-4-10-9(6-8)15-12(17)7-18-10/h3-4,6H,1-2,5,7H2,(H,14,16)(H,15,17). The number of amides is 2. The Labute approximate surface area is 114 Å². The third-order valence-electron chi connectivity index (χ3n) is 2.43. The molecule has 4 nitrogen and oxygen atoms in total. The number of alkyl halides is 1. The molecule has 2 N–H and O–H groups in total. The minimum Gasteiger partial charge on any atom is -0.326 e. The van der Waals surface area contributed by atoms with Crippen LogP contribution >= 0.6 is 23.4 Å². The molecule has 0 saturated heterocycles. The van der Waals surface area contributed by atoms with Crippen LogP contribution in [0.15, 0.2) is 23.1 Å². The minimum absolute atomic E-state index is 0.0156. The van der Waals surface area contributed by atoms with E-state index in [0.717, 1.165) is 10.6 Å². The summed E-state index contributed by atoms with van der Waals surface area (Å²) in [5, 5.41) is 5.57. The summed E-state index contributed by atoms with van der Waals surface area (Å²) < 4.78 is 0. The van der Waals surface area contributed by atoms with Crippen LogP contribution < -0.4 is 10.6 Å². The van der Waals surface area contributed by atoms with E-state index in [0.29, 0.717) is 30.2 Å². The number of nitrogens with one attached hydrogen (secondary N) is 2. The van der Waals surface area contributed by atoms with Crippen LogP contribution in [0.4, 0.5) is 11.4 Å². The smallest absolute Gasteiger partial charge is 0.234 e. The maximum absolute atomic E-state index is 11.5. The highest BCUT2D eigenvalue weighted by atomic mass is 35.5. The predicted molar refractivity (Wildman–Crippen MR) is 74.4 cm³/mol. The molecule has 1 heterocycles. The molecule has 1 aromatic rings. The summed E-state index contributed by atoms with van der Waals surface area (Å²) in [5.74, 6) is 0.835. The zero-order valence-corrected chi connectivity index (χ0v) is 11.2. The van der Waals surface area contributed by atoms with Gasteiger partial charge in [-0.15, -0.1) is 23.4 Å². The Kier molecular flexibility index (Phi) is 4.49. The highest BCUT2D eigenvalue weighted by molar-refractivity contribution is 8.00. The summed E-state index contributed by atoms with van der Waals surface area (Å²) in [6.45, 7) is 0. The van der Waals surface area contributed by atoms with Crippen LogP contribution in [0.3, 0.4) is 0 Å². The van der Waals surface area contributed by atoms with Crippen LogP contribution in [-0.4, -0.2) is 23.4 Å². The number of halogens is 1. The summed E-state index contributed by atoms with van der Waals surface area (Å²) in [5.41, 5.74) is 1.45. The van der Waals surface area contributed by atoms with E-state index in [9.17, 15) is 9.59 Å². The monoisotopic (exact) mass is 284 g/mol. The topological polar surface area (TPSA) is 58.2 Å². The number of benzene rings is 1. The Bertz CT molecular complexity index is 479. The van der Waals surface area contributed by atoms with E-state index < -0.39 is 0 Å². The van der Waals surface area contributed by atoms with Crippen molar-refractivity contribution in [3.63, 3.8) is 0 Å². The van der Waals surface area contributed by atoms with Gasteiger partial charge in [0.15, 0.2) is 0 Å². The SMILES string of the molecule is O=C(CCCCl)Nc1ccc2c(c1)NC(=O)CS2. The van der Waals surface area contributed by atoms with E-state index in [4.69, 9.17) is 11.6 Å². The van der Waals surface area contributed by atoms with E-state index in [1.807, 2.05) is 12.1 Å². The fourth-order valence-electron chi connectivity index (χ4n) is 1.61. The Morgan fingerprint density at radius 2 is 2.33 bits per heavy atom. The van der Waals surface area contributed by atoms with Gasteiger partial charge in [-0.25, -0.2) is 0 Å². The molecule has 0 bridgehead atoms. The second-order valence-electron chi connectivity index (χ2n) is 3.89. The lowest BCUT2D eigenvalue weighted by Crippen LogP contribution is -2.19. The highest BCUT2D eigenvalue weighted by Crippen LogP contribution is 2.33. The van der Waals surface area contributed by atoms with Crippen LogP contribution in [0.5, 0.6) is 0 Å². The molecule has 0 unspecified atom stereocenters. The van der Waals surface area contributed by atoms with Gasteiger partial charge in [-0.05, 0) is 24.6 Å². The fraction of sp³-hybridized carbons (Fsp3) is 0.333. The number of anilines is 2. The van der Waals surface area contributed by atoms with Crippen molar-refractivity contribution in [3.8, 4) is 0 Å². The number of rotatable bonds is 4. The molecule has 0 saturated carbocycles. The maximum atomic E-state index is 11.5. The second-order valence-corrected chi connectivity index (χ2v) is 5.28. The lowest BCUT2D eigenvalue weighted by Gasteiger charge is -2.17. The molecule has 2 amide bonds. The third kappa shape index (κ3) is 3.40. The van der Waals surface area contributed by atoms with Crippen molar-refractivity contribution in [2.75, 3.05) is 22.3 Å². The molecule has 18 heavy (non-hydrogen) atoms. The average Bonchev–Trinajstić information content (AvgIpc) is 2.36. The molecular weight excluding hydrogens is 272 g/mol. The summed E-state index contributed by atoms with van der Waals surface area (Å²) in [4.78, 5) is 23.8. The number of hydrogen-bond acceptors (Lipinski definition) is 3. The van der Waals surface area contributed by atoms with Gasteiger partial charge in [0.2, 0.25) is 11.8 Å². The van der Waals surface area contributed by atoms with Crippen LogP contribution in [0, 0.1) is 0 Å². The van der Waals surface area contributed by atoms with Crippen molar-refractivity contribution >= 4 is 46.6 Å². The maximum Gasteiger partial charge on any atom is 0.234 e. The molecule has 0 fully saturated rings. The van der Waals surface area contributed by atoms with Gasteiger partial charge in [0, 0.05) is 22.9 Å². The number of carbonyl (C=O) groups is 2. The number of thioether (sulfide) groups is 1. The Morgan fingerprint density at radius 1 is 1.50 bits per heavy atom. The van der Waals surface area contributed by atoms with Gasteiger partial charge in [0.25, 0.3) is 0 Å². The summed E-state index contributed by atoms with van der Waals surface area (Å²) in [7, 11) is 0. The third-order valence-corrected chi connectivity index (χ3v) is 3.77. The zero-order chi connectivity index (χ0) is 13.0. The van der Waals surface area contributed by atoms with Crippen LogP contribution in [0.2, 0.25) is 0 Å². The van der Waals surface area contributed by atoms with Gasteiger partial charge in [-0.1, -0.05) is 0 Å². The van der Waals surface area contributed by atoms with Gasteiger partial charge in [-0.3, -0.25) is 9.59 Å². The first-order chi connectivity index (χ1) is 8.69. The van der Waals surface area contributed by atoms with Gasteiger partial charge in [-0.2, -0.15) is 0 Å². The Hall–Kier alpha value is -1.20. The molecule has 1 aliphatic rings. The lowest BCUT2D eigenvalue weighted by atomic mass is 10.2. The fourth-order valence-corrected chi connectivity index (χ4v) is 2.53. The molecule has 0 aliphatic carbocycles. The van der Waals surface area contributed by atoms with E-state index in [-0.39, 0.29) is 11.8 Å². The Morgan fingerprint density at radius 3 is 3.11 bits per heavy atom. The largest absolute Gasteiger partial charge is 0.326 e. The zero-order valence-electron chi connectivity index (χ0n) is 9.66. The molecule has 2 rings (SSSR count). The van der Waals surface area contributed by atoms with Crippen molar-refractivity contribution in [2.45, 2.75) is 17.7 Å². The first-order valence-electron chi connectivity index (χ1n) is 5.61. The van der Waals surface area contributed by atoms with Crippen LogP contribution in [0.1, 0.15) is 12.8 Å².